The Morgan fingerprint density at radius 2 is 1.72 bits per heavy atom. The highest BCUT2D eigenvalue weighted by molar-refractivity contribution is 6.05. The Morgan fingerprint density at radius 3 is 2.53 bits per heavy atom. The average Bonchev–Trinajstić information content (AvgIpc) is 3.41. The number of anilines is 3. The SMILES string of the molecule is CN(C)CCc1ccc(Nc2nccc(-c3c(-c4cccc(C(=O)Nc5cccc(F)c5)c4)nc4ccccn34)n2)cc1. The number of pyridine rings is 1. The molecule has 0 aliphatic rings. The van der Waals surface area contributed by atoms with E-state index in [2.05, 4.69) is 46.7 Å². The maximum Gasteiger partial charge on any atom is 0.255 e. The molecule has 6 rings (SSSR count). The molecule has 3 aromatic carbocycles. The molecule has 3 heterocycles. The molecule has 0 atom stereocenters. The van der Waals surface area contributed by atoms with Crippen LogP contribution >= 0.6 is 0 Å². The molecule has 0 bridgehead atoms. The summed E-state index contributed by atoms with van der Waals surface area (Å²) in [5, 5.41) is 6.08. The molecule has 9 heteroatoms. The van der Waals surface area contributed by atoms with Crippen molar-refractivity contribution < 1.29 is 9.18 Å². The number of amides is 1. The number of hydrogen-bond donors (Lipinski definition) is 2. The standard InChI is InChI=1S/C34H30FN7O/c1-41(2)20-17-23-12-14-27(15-13-23)38-34-36-18-16-29(39-34)32-31(40-30-11-3-4-19-42(30)32)24-7-5-8-25(21-24)33(43)37-28-10-6-9-26(35)22-28/h3-16,18-19,21-22H,17,20H2,1-2H3,(H,37,43)(H,36,38,39). The highest BCUT2D eigenvalue weighted by Crippen LogP contribution is 2.33. The lowest BCUT2D eigenvalue weighted by atomic mass is 10.0. The number of carbonyl (C=O) groups excluding carboxylic acids is 1. The van der Waals surface area contributed by atoms with Crippen molar-refractivity contribution in [3.63, 3.8) is 0 Å². The van der Waals surface area contributed by atoms with Gasteiger partial charge in [-0.1, -0.05) is 36.4 Å². The number of nitrogens with zero attached hydrogens (tertiary/aromatic N) is 5. The molecule has 214 valence electrons. The summed E-state index contributed by atoms with van der Waals surface area (Å²) in [6, 6.07) is 28.9. The van der Waals surface area contributed by atoms with Crippen molar-refractivity contribution in [3.8, 4) is 22.6 Å². The van der Waals surface area contributed by atoms with Crippen LogP contribution in [0, 0.1) is 5.82 Å². The third-order valence-corrected chi connectivity index (χ3v) is 6.97. The van der Waals surface area contributed by atoms with Crippen LogP contribution in [0.5, 0.6) is 0 Å². The van der Waals surface area contributed by atoms with Crippen molar-refractivity contribution >= 4 is 28.9 Å². The van der Waals surface area contributed by atoms with E-state index in [1.807, 2.05) is 53.1 Å². The summed E-state index contributed by atoms with van der Waals surface area (Å²) in [4.78, 5) is 29.4. The van der Waals surface area contributed by atoms with Crippen LogP contribution in [0.3, 0.4) is 0 Å². The van der Waals surface area contributed by atoms with E-state index in [9.17, 15) is 9.18 Å². The Hall–Kier alpha value is -5.41. The normalized spacial score (nSPS) is 11.2. The maximum atomic E-state index is 13.7. The van der Waals surface area contributed by atoms with Crippen LogP contribution in [0.15, 0.2) is 109 Å². The molecule has 0 saturated carbocycles. The second-order valence-electron chi connectivity index (χ2n) is 10.4. The summed E-state index contributed by atoms with van der Waals surface area (Å²) in [5.74, 6) is -0.311. The fourth-order valence-electron chi connectivity index (χ4n) is 4.81. The quantitative estimate of drug-likeness (QED) is 0.201. The summed E-state index contributed by atoms with van der Waals surface area (Å²) in [7, 11) is 4.14. The Labute approximate surface area is 248 Å². The van der Waals surface area contributed by atoms with Gasteiger partial charge in [0.1, 0.15) is 11.5 Å². The Morgan fingerprint density at radius 1 is 0.884 bits per heavy atom. The number of carbonyl (C=O) groups is 1. The number of imidazole rings is 1. The van der Waals surface area contributed by atoms with Crippen LogP contribution in [-0.2, 0) is 6.42 Å². The Bertz CT molecular complexity index is 1900. The Kier molecular flexibility index (Phi) is 7.88. The number of likely N-dealkylation sites (N-methyl/N-ethyl adjacent to an activating group) is 1. The lowest BCUT2D eigenvalue weighted by Gasteiger charge is -2.11. The highest BCUT2D eigenvalue weighted by Gasteiger charge is 2.19. The second kappa shape index (κ2) is 12.2. The third-order valence-electron chi connectivity index (χ3n) is 6.97. The van der Waals surface area contributed by atoms with Crippen LogP contribution in [-0.4, -0.2) is 50.8 Å². The summed E-state index contributed by atoms with van der Waals surface area (Å²) >= 11 is 0. The Balaban J connectivity index is 1.32. The number of nitrogens with one attached hydrogen (secondary N) is 2. The fourth-order valence-corrected chi connectivity index (χ4v) is 4.81. The highest BCUT2D eigenvalue weighted by atomic mass is 19.1. The third kappa shape index (κ3) is 6.42. The van der Waals surface area contributed by atoms with Gasteiger partial charge in [0.2, 0.25) is 5.95 Å². The molecule has 0 aliphatic heterocycles. The maximum absolute atomic E-state index is 13.7. The molecule has 8 nitrogen and oxygen atoms in total. The van der Waals surface area contributed by atoms with Gasteiger partial charge in [-0.05, 0) is 86.7 Å². The molecule has 3 aromatic heterocycles. The molecule has 0 fully saturated rings. The van der Waals surface area contributed by atoms with Crippen molar-refractivity contribution in [2.45, 2.75) is 6.42 Å². The first-order chi connectivity index (χ1) is 20.9. The zero-order valence-electron chi connectivity index (χ0n) is 23.8. The molecule has 0 radical (unpaired) electrons. The van der Waals surface area contributed by atoms with Crippen LogP contribution in [0.1, 0.15) is 15.9 Å². The summed E-state index contributed by atoms with van der Waals surface area (Å²) in [6.45, 7) is 0.986. The number of halogens is 1. The lowest BCUT2D eigenvalue weighted by Crippen LogP contribution is -2.14. The van der Waals surface area contributed by atoms with E-state index < -0.39 is 5.82 Å². The summed E-state index contributed by atoms with van der Waals surface area (Å²) in [6.07, 6.45) is 4.62. The minimum atomic E-state index is -0.420. The van der Waals surface area contributed by atoms with Crippen molar-refractivity contribution in [3.05, 3.63) is 126 Å². The molecule has 0 spiro atoms. The molecule has 0 unspecified atom stereocenters. The fraction of sp³-hybridized carbons (Fsp3) is 0.118. The molecule has 0 aliphatic carbocycles. The van der Waals surface area contributed by atoms with Gasteiger partial charge in [0.05, 0.1) is 17.1 Å². The largest absolute Gasteiger partial charge is 0.324 e. The molecular formula is C34H30FN7O. The lowest BCUT2D eigenvalue weighted by molar-refractivity contribution is 0.102. The van der Waals surface area contributed by atoms with Gasteiger partial charge in [-0.25, -0.2) is 19.3 Å². The molecule has 0 saturated heterocycles. The van der Waals surface area contributed by atoms with Crippen molar-refractivity contribution in [2.24, 2.45) is 0 Å². The van der Waals surface area contributed by atoms with Crippen molar-refractivity contribution in [2.75, 3.05) is 31.3 Å². The van der Waals surface area contributed by atoms with Gasteiger partial charge < -0.3 is 15.5 Å². The van der Waals surface area contributed by atoms with E-state index in [0.717, 1.165) is 35.6 Å². The number of aromatic nitrogens is 4. The van der Waals surface area contributed by atoms with Gasteiger partial charge in [0.15, 0.2) is 0 Å². The minimum absolute atomic E-state index is 0.348. The van der Waals surface area contributed by atoms with Crippen LogP contribution in [0.4, 0.5) is 21.7 Å². The van der Waals surface area contributed by atoms with E-state index in [-0.39, 0.29) is 5.91 Å². The second-order valence-corrected chi connectivity index (χ2v) is 10.4. The summed E-state index contributed by atoms with van der Waals surface area (Å²) < 4.78 is 15.6. The first-order valence-electron chi connectivity index (χ1n) is 13.9. The van der Waals surface area contributed by atoms with Crippen LogP contribution < -0.4 is 10.6 Å². The monoisotopic (exact) mass is 571 g/mol. The van der Waals surface area contributed by atoms with Gasteiger partial charge in [-0.15, -0.1) is 0 Å². The average molecular weight is 572 g/mol. The van der Waals surface area contributed by atoms with E-state index >= 15 is 0 Å². The predicted molar refractivity (Wildman–Crippen MR) is 168 cm³/mol. The van der Waals surface area contributed by atoms with Gasteiger partial charge in [-0.3, -0.25) is 9.20 Å². The zero-order chi connectivity index (χ0) is 29.8. The summed E-state index contributed by atoms with van der Waals surface area (Å²) in [5.41, 5.74) is 6.54. The van der Waals surface area contributed by atoms with Gasteiger partial charge in [0, 0.05) is 41.4 Å². The number of rotatable bonds is 9. The predicted octanol–water partition coefficient (Wildman–Crippen LogP) is 6.70. The number of hydrogen-bond acceptors (Lipinski definition) is 6. The number of benzene rings is 3. The van der Waals surface area contributed by atoms with E-state index in [1.165, 1.54) is 17.7 Å². The van der Waals surface area contributed by atoms with E-state index in [1.54, 1.807) is 36.5 Å². The zero-order valence-corrected chi connectivity index (χ0v) is 23.8. The van der Waals surface area contributed by atoms with E-state index in [4.69, 9.17) is 9.97 Å². The molecule has 6 aromatic rings. The van der Waals surface area contributed by atoms with Gasteiger partial charge >= 0.3 is 0 Å². The first kappa shape index (κ1) is 27.7. The molecular weight excluding hydrogens is 541 g/mol. The molecule has 2 N–H and O–H groups in total. The van der Waals surface area contributed by atoms with Crippen LogP contribution in [0.2, 0.25) is 0 Å². The van der Waals surface area contributed by atoms with Gasteiger partial charge in [0.25, 0.3) is 5.91 Å². The number of fused-ring (bicyclic) bond motifs is 1. The molecule has 43 heavy (non-hydrogen) atoms. The van der Waals surface area contributed by atoms with Crippen LogP contribution in [0.25, 0.3) is 28.3 Å². The van der Waals surface area contributed by atoms with Gasteiger partial charge in [-0.2, -0.15) is 0 Å². The topological polar surface area (TPSA) is 87.5 Å². The smallest absolute Gasteiger partial charge is 0.255 e. The van der Waals surface area contributed by atoms with E-state index in [0.29, 0.717) is 28.6 Å². The van der Waals surface area contributed by atoms with Crippen molar-refractivity contribution in [1.82, 2.24) is 24.3 Å². The molecule has 1 amide bonds. The minimum Gasteiger partial charge on any atom is -0.324 e. The first-order valence-corrected chi connectivity index (χ1v) is 13.9. The van der Waals surface area contributed by atoms with Crippen molar-refractivity contribution in [1.29, 1.82) is 0 Å².